The van der Waals surface area contributed by atoms with E-state index in [1.165, 1.54) is 0 Å². The maximum atomic E-state index is 5.96. The van der Waals surface area contributed by atoms with Crippen molar-refractivity contribution in [3.05, 3.63) is 23.8 Å². The van der Waals surface area contributed by atoms with Gasteiger partial charge in [-0.25, -0.2) is 0 Å². The topological polar surface area (TPSA) is 78.1 Å². The molecule has 1 atom stereocenters. The second-order valence-corrected chi connectivity index (χ2v) is 4.14. The van der Waals surface area contributed by atoms with Crippen LogP contribution in [0.1, 0.15) is 43.7 Å². The molecule has 2 aromatic heterocycles. The number of aromatic nitrogens is 2. The summed E-state index contributed by atoms with van der Waals surface area (Å²) >= 11 is 0. The van der Waals surface area contributed by atoms with Crippen molar-refractivity contribution in [3.8, 4) is 11.6 Å². The molecular formula is C12H17N3O2. The van der Waals surface area contributed by atoms with Gasteiger partial charge in [-0.3, -0.25) is 0 Å². The van der Waals surface area contributed by atoms with Gasteiger partial charge in [0.2, 0.25) is 11.7 Å². The molecule has 0 aromatic carbocycles. The average Bonchev–Trinajstić information content (AvgIpc) is 2.93. The molecule has 0 aliphatic rings. The van der Waals surface area contributed by atoms with Crippen molar-refractivity contribution < 1.29 is 8.94 Å². The molecule has 0 amide bonds. The van der Waals surface area contributed by atoms with E-state index >= 15 is 0 Å². The monoisotopic (exact) mass is 235 g/mol. The van der Waals surface area contributed by atoms with Crippen LogP contribution in [0.5, 0.6) is 0 Å². The summed E-state index contributed by atoms with van der Waals surface area (Å²) in [5.41, 5.74) is 6.94. The van der Waals surface area contributed by atoms with E-state index in [0.29, 0.717) is 17.5 Å². The molecule has 2 aromatic rings. The highest BCUT2D eigenvalue weighted by molar-refractivity contribution is 5.50. The normalized spacial score (nSPS) is 12.9. The molecule has 5 heteroatoms. The van der Waals surface area contributed by atoms with E-state index in [2.05, 4.69) is 17.1 Å². The second-order valence-electron chi connectivity index (χ2n) is 4.14. The summed E-state index contributed by atoms with van der Waals surface area (Å²) in [5.74, 6) is 1.58. The van der Waals surface area contributed by atoms with E-state index < -0.39 is 0 Å². The SMILES string of the molecule is CCCC[C@H](N)c1nc(-c2occc2C)no1. The summed E-state index contributed by atoms with van der Waals surface area (Å²) in [5, 5.41) is 3.89. The van der Waals surface area contributed by atoms with Crippen LogP contribution in [-0.2, 0) is 0 Å². The lowest BCUT2D eigenvalue weighted by molar-refractivity contribution is 0.345. The predicted molar refractivity (Wildman–Crippen MR) is 63.2 cm³/mol. The van der Waals surface area contributed by atoms with Gasteiger partial charge in [0, 0.05) is 0 Å². The molecular weight excluding hydrogens is 218 g/mol. The van der Waals surface area contributed by atoms with Gasteiger partial charge in [0.1, 0.15) is 0 Å². The van der Waals surface area contributed by atoms with Crippen molar-refractivity contribution in [1.82, 2.24) is 10.1 Å². The number of rotatable bonds is 5. The average molecular weight is 235 g/mol. The molecule has 0 aliphatic carbocycles. The van der Waals surface area contributed by atoms with Crippen LogP contribution in [0.3, 0.4) is 0 Å². The van der Waals surface area contributed by atoms with Gasteiger partial charge < -0.3 is 14.7 Å². The molecule has 2 heterocycles. The number of hydrogen-bond donors (Lipinski definition) is 1. The Morgan fingerprint density at radius 3 is 2.94 bits per heavy atom. The zero-order valence-electron chi connectivity index (χ0n) is 10.1. The maximum absolute atomic E-state index is 5.96. The minimum atomic E-state index is -0.188. The Morgan fingerprint density at radius 2 is 2.29 bits per heavy atom. The van der Waals surface area contributed by atoms with Gasteiger partial charge in [-0.1, -0.05) is 24.9 Å². The van der Waals surface area contributed by atoms with Gasteiger partial charge in [-0.05, 0) is 25.0 Å². The lowest BCUT2D eigenvalue weighted by atomic mass is 10.1. The Kier molecular flexibility index (Phi) is 3.58. The number of furan rings is 1. The molecule has 0 saturated heterocycles. The van der Waals surface area contributed by atoms with Gasteiger partial charge in [0.15, 0.2) is 5.76 Å². The Morgan fingerprint density at radius 1 is 1.47 bits per heavy atom. The molecule has 0 spiro atoms. The van der Waals surface area contributed by atoms with Crippen LogP contribution in [0, 0.1) is 6.92 Å². The van der Waals surface area contributed by atoms with E-state index in [0.717, 1.165) is 24.8 Å². The Balaban J connectivity index is 2.13. The van der Waals surface area contributed by atoms with Crippen molar-refractivity contribution in [2.45, 2.75) is 39.2 Å². The van der Waals surface area contributed by atoms with Gasteiger partial charge in [0.25, 0.3) is 0 Å². The molecule has 92 valence electrons. The quantitative estimate of drug-likeness (QED) is 0.862. The zero-order valence-corrected chi connectivity index (χ0v) is 10.1. The fraction of sp³-hybridized carbons (Fsp3) is 0.500. The summed E-state index contributed by atoms with van der Waals surface area (Å²) in [4.78, 5) is 4.27. The molecule has 0 aliphatic heterocycles. The third-order valence-corrected chi connectivity index (χ3v) is 2.69. The molecule has 2 N–H and O–H groups in total. The van der Waals surface area contributed by atoms with Crippen LogP contribution in [-0.4, -0.2) is 10.1 Å². The predicted octanol–water partition coefficient (Wildman–Crippen LogP) is 2.83. The molecule has 0 radical (unpaired) electrons. The van der Waals surface area contributed by atoms with Crippen LogP contribution in [0.25, 0.3) is 11.6 Å². The van der Waals surface area contributed by atoms with Crippen molar-refractivity contribution in [2.75, 3.05) is 0 Å². The number of nitrogens with two attached hydrogens (primary N) is 1. The lowest BCUT2D eigenvalue weighted by Crippen LogP contribution is -2.10. The van der Waals surface area contributed by atoms with Crippen LogP contribution >= 0.6 is 0 Å². The van der Waals surface area contributed by atoms with Gasteiger partial charge in [-0.15, -0.1) is 0 Å². The number of aryl methyl sites for hydroxylation is 1. The van der Waals surface area contributed by atoms with Crippen molar-refractivity contribution in [3.63, 3.8) is 0 Å². The fourth-order valence-corrected chi connectivity index (χ4v) is 1.63. The summed E-state index contributed by atoms with van der Waals surface area (Å²) < 4.78 is 10.5. The molecule has 5 nitrogen and oxygen atoms in total. The lowest BCUT2D eigenvalue weighted by Gasteiger charge is -2.03. The van der Waals surface area contributed by atoms with E-state index in [4.69, 9.17) is 14.7 Å². The first-order chi connectivity index (χ1) is 8.22. The number of unbranched alkanes of at least 4 members (excludes halogenated alkanes) is 1. The highest BCUT2D eigenvalue weighted by Crippen LogP contribution is 2.23. The Hall–Kier alpha value is -1.62. The van der Waals surface area contributed by atoms with Crippen molar-refractivity contribution in [1.29, 1.82) is 0 Å². The molecule has 0 bridgehead atoms. The molecule has 17 heavy (non-hydrogen) atoms. The highest BCUT2D eigenvalue weighted by atomic mass is 16.5. The standard InChI is InChI=1S/C12H17N3O2/c1-3-4-5-9(13)12-14-11(15-17-12)10-8(2)6-7-16-10/h6-7,9H,3-5,13H2,1-2H3/t9-/m0/s1. The molecule has 0 fully saturated rings. The van der Waals surface area contributed by atoms with Crippen molar-refractivity contribution >= 4 is 0 Å². The van der Waals surface area contributed by atoms with Gasteiger partial charge in [-0.2, -0.15) is 4.98 Å². The largest absolute Gasteiger partial charge is 0.461 e. The first-order valence-electron chi connectivity index (χ1n) is 5.86. The molecule has 0 saturated carbocycles. The Labute approximate surface area is 100.0 Å². The minimum Gasteiger partial charge on any atom is -0.461 e. The third-order valence-electron chi connectivity index (χ3n) is 2.69. The van der Waals surface area contributed by atoms with E-state index in [9.17, 15) is 0 Å². The Bertz CT molecular complexity index is 476. The molecule has 2 rings (SSSR count). The van der Waals surface area contributed by atoms with Crippen LogP contribution in [0.2, 0.25) is 0 Å². The smallest absolute Gasteiger partial charge is 0.243 e. The second kappa shape index (κ2) is 5.14. The minimum absolute atomic E-state index is 0.188. The summed E-state index contributed by atoms with van der Waals surface area (Å²) in [6, 6.07) is 1.68. The number of nitrogens with zero attached hydrogens (tertiary/aromatic N) is 2. The first kappa shape index (κ1) is 11.9. The maximum Gasteiger partial charge on any atom is 0.243 e. The highest BCUT2D eigenvalue weighted by Gasteiger charge is 2.17. The number of hydrogen-bond acceptors (Lipinski definition) is 5. The van der Waals surface area contributed by atoms with E-state index in [-0.39, 0.29) is 6.04 Å². The van der Waals surface area contributed by atoms with Crippen LogP contribution in [0.4, 0.5) is 0 Å². The van der Waals surface area contributed by atoms with Gasteiger partial charge in [0.05, 0.1) is 12.3 Å². The van der Waals surface area contributed by atoms with Crippen LogP contribution < -0.4 is 5.73 Å². The fourth-order valence-electron chi connectivity index (χ4n) is 1.63. The summed E-state index contributed by atoms with van der Waals surface area (Å²) in [6.07, 6.45) is 4.62. The van der Waals surface area contributed by atoms with Gasteiger partial charge >= 0.3 is 0 Å². The van der Waals surface area contributed by atoms with Crippen LogP contribution in [0.15, 0.2) is 21.3 Å². The summed E-state index contributed by atoms with van der Waals surface area (Å²) in [6.45, 7) is 4.06. The molecule has 0 unspecified atom stereocenters. The van der Waals surface area contributed by atoms with Crippen molar-refractivity contribution in [2.24, 2.45) is 5.73 Å². The van der Waals surface area contributed by atoms with E-state index in [1.807, 2.05) is 13.0 Å². The third kappa shape index (κ3) is 2.55. The first-order valence-corrected chi connectivity index (χ1v) is 5.86. The zero-order chi connectivity index (χ0) is 12.3. The van der Waals surface area contributed by atoms with E-state index in [1.54, 1.807) is 6.26 Å². The summed E-state index contributed by atoms with van der Waals surface area (Å²) in [7, 11) is 0.